The van der Waals surface area contributed by atoms with Gasteiger partial charge in [0, 0.05) is 44.1 Å². The number of hydrogen-bond donors (Lipinski definition) is 1. The second-order valence-electron chi connectivity index (χ2n) is 6.13. The van der Waals surface area contributed by atoms with Gasteiger partial charge >= 0.3 is 0 Å². The minimum absolute atomic E-state index is 0.104. The van der Waals surface area contributed by atoms with Crippen molar-refractivity contribution in [3.63, 3.8) is 0 Å². The van der Waals surface area contributed by atoms with Gasteiger partial charge in [-0.15, -0.1) is 0 Å². The maximum absolute atomic E-state index is 12.1. The first-order valence-corrected chi connectivity index (χ1v) is 8.80. The van der Waals surface area contributed by atoms with E-state index in [9.17, 15) is 9.59 Å². The van der Waals surface area contributed by atoms with Gasteiger partial charge < -0.3 is 19.7 Å². The van der Waals surface area contributed by atoms with Crippen LogP contribution in [-0.4, -0.2) is 44.7 Å². The van der Waals surface area contributed by atoms with Crippen molar-refractivity contribution in [3.05, 3.63) is 22.7 Å². The van der Waals surface area contributed by atoms with Gasteiger partial charge in [0.2, 0.25) is 11.8 Å². The molecule has 1 aromatic carbocycles. The van der Waals surface area contributed by atoms with E-state index in [0.29, 0.717) is 23.0 Å². The van der Waals surface area contributed by atoms with E-state index in [2.05, 4.69) is 5.32 Å². The lowest BCUT2D eigenvalue weighted by Gasteiger charge is -2.24. The number of halogens is 1. The highest BCUT2D eigenvalue weighted by atomic mass is 35.5. The van der Waals surface area contributed by atoms with Crippen molar-refractivity contribution in [1.82, 2.24) is 5.32 Å². The monoisotopic (exact) mass is 368 g/mol. The predicted octanol–water partition coefficient (Wildman–Crippen LogP) is 2.70. The van der Waals surface area contributed by atoms with Gasteiger partial charge in [-0.25, -0.2) is 0 Å². The number of rotatable bonds is 7. The molecule has 138 valence electrons. The van der Waals surface area contributed by atoms with E-state index in [4.69, 9.17) is 21.1 Å². The van der Waals surface area contributed by atoms with Gasteiger partial charge in [-0.3, -0.25) is 9.59 Å². The molecule has 1 aromatic rings. The molecular formula is C18H25ClN2O4. The summed E-state index contributed by atoms with van der Waals surface area (Å²) < 4.78 is 10.8. The maximum Gasteiger partial charge on any atom is 0.223 e. The molecule has 1 fully saturated rings. The second kappa shape index (κ2) is 9.06. The molecule has 6 nitrogen and oxygen atoms in total. The van der Waals surface area contributed by atoms with Crippen LogP contribution in [0.25, 0.3) is 0 Å². The van der Waals surface area contributed by atoms with Crippen LogP contribution in [0.1, 0.15) is 31.7 Å². The summed E-state index contributed by atoms with van der Waals surface area (Å²) in [4.78, 5) is 25.7. The first kappa shape index (κ1) is 19.5. The topological polar surface area (TPSA) is 67.9 Å². The van der Waals surface area contributed by atoms with Gasteiger partial charge in [0.1, 0.15) is 5.75 Å². The maximum atomic E-state index is 12.1. The lowest BCUT2D eigenvalue weighted by Crippen LogP contribution is -2.36. The Labute approximate surface area is 153 Å². The number of benzene rings is 1. The highest BCUT2D eigenvalue weighted by molar-refractivity contribution is 6.31. The first-order chi connectivity index (χ1) is 11.9. The van der Waals surface area contributed by atoms with Gasteiger partial charge in [-0.2, -0.15) is 0 Å². The van der Waals surface area contributed by atoms with Crippen molar-refractivity contribution < 1.29 is 19.1 Å². The summed E-state index contributed by atoms with van der Waals surface area (Å²) in [6.45, 7) is 4.87. The third-order valence-corrected chi connectivity index (χ3v) is 4.65. The molecule has 1 N–H and O–H groups in total. The quantitative estimate of drug-likeness (QED) is 0.803. The number of carbonyl (C=O) groups excluding carboxylic acids is 2. The highest BCUT2D eigenvalue weighted by Crippen LogP contribution is 2.34. The lowest BCUT2D eigenvalue weighted by atomic mass is 10.1. The zero-order chi connectivity index (χ0) is 18.4. The number of methoxy groups -OCH3 is 1. The number of amides is 2. The molecular weight excluding hydrogens is 344 g/mol. The molecule has 7 heteroatoms. The van der Waals surface area contributed by atoms with E-state index in [1.807, 2.05) is 6.92 Å². The minimum atomic E-state index is -0.160. The summed E-state index contributed by atoms with van der Waals surface area (Å²) in [5.74, 6) is 0.240. The van der Waals surface area contributed by atoms with Crippen LogP contribution < -0.4 is 15.0 Å². The minimum Gasteiger partial charge on any atom is -0.495 e. The van der Waals surface area contributed by atoms with Crippen LogP contribution in [0.4, 0.5) is 5.69 Å². The molecule has 1 aliphatic rings. The standard InChI is InChI=1S/C18H25ClN2O4/c1-12-9-16(17(24-3)10-15(12)19)21(13(2)22)7-6-18(23)20-11-14-5-4-8-25-14/h9-10,14H,4-8,11H2,1-3H3,(H,20,23). The van der Waals surface area contributed by atoms with Crippen molar-refractivity contribution in [2.75, 3.05) is 31.7 Å². The Morgan fingerprint density at radius 1 is 1.44 bits per heavy atom. The third kappa shape index (κ3) is 5.34. The number of hydrogen-bond acceptors (Lipinski definition) is 4. The molecule has 0 bridgehead atoms. The molecule has 1 heterocycles. The third-order valence-electron chi connectivity index (χ3n) is 4.24. The smallest absolute Gasteiger partial charge is 0.223 e. The van der Waals surface area contributed by atoms with E-state index >= 15 is 0 Å². The van der Waals surface area contributed by atoms with Crippen LogP contribution in [0.5, 0.6) is 5.75 Å². The number of nitrogens with one attached hydrogen (secondary N) is 1. The van der Waals surface area contributed by atoms with Crippen LogP contribution >= 0.6 is 11.6 Å². The zero-order valence-corrected chi connectivity index (χ0v) is 15.7. The number of ether oxygens (including phenoxy) is 2. The van der Waals surface area contributed by atoms with Crippen LogP contribution in [0.2, 0.25) is 5.02 Å². The zero-order valence-electron chi connectivity index (χ0n) is 14.9. The Kier molecular flexibility index (Phi) is 7.08. The molecule has 2 rings (SSSR count). The fourth-order valence-electron chi connectivity index (χ4n) is 2.80. The van der Waals surface area contributed by atoms with Gasteiger partial charge in [-0.1, -0.05) is 11.6 Å². The number of carbonyl (C=O) groups is 2. The molecule has 0 radical (unpaired) electrons. The second-order valence-corrected chi connectivity index (χ2v) is 6.54. The van der Waals surface area contributed by atoms with Crippen LogP contribution in [-0.2, 0) is 14.3 Å². The number of anilines is 1. The molecule has 1 atom stereocenters. The summed E-state index contributed by atoms with van der Waals surface area (Å²) in [7, 11) is 1.52. The molecule has 0 aliphatic carbocycles. The normalized spacial score (nSPS) is 16.6. The van der Waals surface area contributed by atoms with Crippen LogP contribution in [0.15, 0.2) is 12.1 Å². The molecule has 25 heavy (non-hydrogen) atoms. The van der Waals surface area contributed by atoms with Crippen molar-refractivity contribution in [1.29, 1.82) is 0 Å². The summed E-state index contributed by atoms with van der Waals surface area (Å²) in [5.41, 5.74) is 1.45. The fourth-order valence-corrected chi connectivity index (χ4v) is 2.96. The average molecular weight is 369 g/mol. The number of aryl methyl sites for hydroxylation is 1. The Morgan fingerprint density at radius 2 is 2.20 bits per heavy atom. The van der Waals surface area contributed by atoms with Crippen molar-refractivity contribution >= 4 is 29.1 Å². The summed E-state index contributed by atoms with van der Waals surface area (Å²) in [6.07, 6.45) is 2.32. The first-order valence-electron chi connectivity index (χ1n) is 8.43. The Bertz CT molecular complexity index is 630. The molecule has 1 saturated heterocycles. The van der Waals surface area contributed by atoms with Gasteiger partial charge in [0.25, 0.3) is 0 Å². The van der Waals surface area contributed by atoms with E-state index in [1.165, 1.54) is 18.9 Å². The molecule has 1 unspecified atom stereocenters. The van der Waals surface area contributed by atoms with E-state index in [1.54, 1.807) is 12.1 Å². The Balaban J connectivity index is 2.00. The van der Waals surface area contributed by atoms with E-state index in [-0.39, 0.29) is 30.9 Å². The van der Waals surface area contributed by atoms with Crippen molar-refractivity contribution in [3.8, 4) is 5.75 Å². The molecule has 0 saturated carbocycles. The molecule has 0 aromatic heterocycles. The predicted molar refractivity (Wildman–Crippen MR) is 97.4 cm³/mol. The largest absolute Gasteiger partial charge is 0.495 e. The van der Waals surface area contributed by atoms with E-state index in [0.717, 1.165) is 25.0 Å². The summed E-state index contributed by atoms with van der Waals surface area (Å²) >= 11 is 6.12. The fraction of sp³-hybridized carbons (Fsp3) is 0.556. The lowest BCUT2D eigenvalue weighted by molar-refractivity contribution is -0.121. The Morgan fingerprint density at radius 3 is 2.80 bits per heavy atom. The van der Waals surface area contributed by atoms with Crippen LogP contribution in [0, 0.1) is 6.92 Å². The van der Waals surface area contributed by atoms with Crippen molar-refractivity contribution in [2.24, 2.45) is 0 Å². The summed E-state index contributed by atoms with van der Waals surface area (Å²) in [6, 6.07) is 3.48. The molecule has 0 spiro atoms. The van der Waals surface area contributed by atoms with Crippen molar-refractivity contribution in [2.45, 2.75) is 39.2 Å². The van der Waals surface area contributed by atoms with E-state index < -0.39 is 0 Å². The SMILES string of the molecule is COc1cc(Cl)c(C)cc1N(CCC(=O)NCC1CCCO1)C(C)=O. The van der Waals surface area contributed by atoms with Gasteiger partial charge in [0.15, 0.2) is 0 Å². The van der Waals surface area contributed by atoms with Gasteiger partial charge in [-0.05, 0) is 31.4 Å². The highest BCUT2D eigenvalue weighted by Gasteiger charge is 2.20. The summed E-state index contributed by atoms with van der Waals surface area (Å²) in [5, 5.41) is 3.43. The van der Waals surface area contributed by atoms with Crippen LogP contribution in [0.3, 0.4) is 0 Å². The molecule has 2 amide bonds. The Hall–Kier alpha value is -1.79. The van der Waals surface area contributed by atoms with Gasteiger partial charge in [0.05, 0.1) is 18.9 Å². The number of nitrogens with zero attached hydrogens (tertiary/aromatic N) is 1. The average Bonchev–Trinajstić information content (AvgIpc) is 3.09. The molecule has 1 aliphatic heterocycles.